The molecule has 14 heavy (non-hydrogen) atoms. The Morgan fingerprint density at radius 1 is 1.14 bits per heavy atom. The van der Waals surface area contributed by atoms with Crippen molar-refractivity contribution in [1.29, 1.82) is 0 Å². The molecule has 0 aromatic rings. The van der Waals surface area contributed by atoms with E-state index in [4.69, 9.17) is 4.74 Å². The highest BCUT2D eigenvalue weighted by atomic mass is 16.6. The van der Waals surface area contributed by atoms with Crippen LogP contribution in [0, 0.1) is 10.8 Å². The van der Waals surface area contributed by atoms with Gasteiger partial charge >= 0.3 is 0 Å². The molecule has 1 aliphatic heterocycles. The molecule has 0 N–H and O–H groups in total. The van der Waals surface area contributed by atoms with Crippen LogP contribution in [0.3, 0.4) is 0 Å². The van der Waals surface area contributed by atoms with Crippen LogP contribution < -0.4 is 0 Å². The maximum absolute atomic E-state index is 5.53. The van der Waals surface area contributed by atoms with Gasteiger partial charge in [0.2, 0.25) is 0 Å². The van der Waals surface area contributed by atoms with Gasteiger partial charge < -0.3 is 4.74 Å². The van der Waals surface area contributed by atoms with E-state index in [1.807, 2.05) is 0 Å². The lowest BCUT2D eigenvalue weighted by atomic mass is 9.71. The summed E-state index contributed by atoms with van der Waals surface area (Å²) in [6.45, 7) is 13.9. The van der Waals surface area contributed by atoms with Crippen LogP contribution in [0.4, 0.5) is 0 Å². The highest BCUT2D eigenvalue weighted by Gasteiger charge is 2.41. The number of hydrogen-bond donors (Lipinski definition) is 0. The highest BCUT2D eigenvalue weighted by Crippen LogP contribution is 2.43. The molecular weight excluding hydrogens is 172 g/mol. The standard InChI is InChI=1S/C13H26O/c1-7-13(6,9-12(3,4)5)8-11-10(2)14-11/h10-11H,7-9H2,1-6H3. The molecule has 0 aliphatic carbocycles. The molecule has 0 aromatic carbocycles. The van der Waals surface area contributed by atoms with Gasteiger partial charge in [-0.25, -0.2) is 0 Å². The van der Waals surface area contributed by atoms with E-state index in [-0.39, 0.29) is 0 Å². The minimum absolute atomic E-state index is 0.433. The molecule has 1 heterocycles. The summed E-state index contributed by atoms with van der Waals surface area (Å²) < 4.78 is 5.53. The van der Waals surface area contributed by atoms with Gasteiger partial charge in [-0.3, -0.25) is 0 Å². The molecule has 1 heteroatoms. The molecule has 1 rings (SSSR count). The van der Waals surface area contributed by atoms with Crippen molar-refractivity contribution in [3.63, 3.8) is 0 Å². The molecule has 1 aliphatic rings. The second-order valence-corrected chi connectivity index (χ2v) is 6.49. The molecule has 0 bridgehead atoms. The summed E-state index contributed by atoms with van der Waals surface area (Å²) in [4.78, 5) is 0. The van der Waals surface area contributed by atoms with E-state index in [0.29, 0.717) is 23.0 Å². The largest absolute Gasteiger partial charge is 0.370 e. The highest BCUT2D eigenvalue weighted by molar-refractivity contribution is 4.89. The van der Waals surface area contributed by atoms with Gasteiger partial charge in [0.25, 0.3) is 0 Å². The van der Waals surface area contributed by atoms with Crippen LogP contribution in [0.15, 0.2) is 0 Å². The predicted molar refractivity (Wildman–Crippen MR) is 61.4 cm³/mol. The van der Waals surface area contributed by atoms with Crippen molar-refractivity contribution in [3.8, 4) is 0 Å². The van der Waals surface area contributed by atoms with Crippen LogP contribution in [0.1, 0.15) is 60.8 Å². The molecule has 1 nitrogen and oxygen atoms in total. The molecule has 3 unspecified atom stereocenters. The smallest absolute Gasteiger partial charge is 0.0844 e. The Hall–Kier alpha value is -0.0400. The van der Waals surface area contributed by atoms with Crippen LogP contribution >= 0.6 is 0 Å². The molecule has 0 spiro atoms. The van der Waals surface area contributed by atoms with Crippen molar-refractivity contribution in [3.05, 3.63) is 0 Å². The minimum Gasteiger partial charge on any atom is -0.370 e. The molecule has 0 saturated carbocycles. The zero-order valence-electron chi connectivity index (χ0n) is 10.7. The Kier molecular flexibility index (Phi) is 3.30. The molecule has 0 amide bonds. The summed E-state index contributed by atoms with van der Waals surface area (Å²) in [5.74, 6) is 0. The first kappa shape index (κ1) is 12.0. The molecule has 84 valence electrons. The van der Waals surface area contributed by atoms with E-state index < -0.39 is 0 Å². The van der Waals surface area contributed by atoms with E-state index in [1.54, 1.807) is 0 Å². The Bertz CT molecular complexity index is 192. The summed E-state index contributed by atoms with van der Waals surface area (Å²) in [6.07, 6.45) is 4.85. The third kappa shape index (κ3) is 3.61. The number of epoxide rings is 1. The SMILES string of the molecule is CCC(C)(CC1OC1C)CC(C)(C)C. The lowest BCUT2D eigenvalue weighted by Crippen LogP contribution is -2.25. The predicted octanol–water partition coefficient (Wildman–Crippen LogP) is 4.02. The monoisotopic (exact) mass is 198 g/mol. The maximum Gasteiger partial charge on any atom is 0.0844 e. The first-order chi connectivity index (χ1) is 6.26. The van der Waals surface area contributed by atoms with E-state index in [2.05, 4.69) is 41.5 Å². The molecule has 0 radical (unpaired) electrons. The Balaban J connectivity index is 2.48. The normalized spacial score (nSPS) is 31.3. The van der Waals surface area contributed by atoms with Gasteiger partial charge in [0.1, 0.15) is 0 Å². The molecule has 0 aromatic heterocycles. The summed E-state index contributed by atoms with van der Waals surface area (Å²) in [7, 11) is 0. The average molecular weight is 198 g/mol. The van der Waals surface area contributed by atoms with Crippen molar-refractivity contribution in [2.75, 3.05) is 0 Å². The first-order valence-electron chi connectivity index (χ1n) is 5.91. The van der Waals surface area contributed by atoms with Crippen molar-refractivity contribution in [2.45, 2.75) is 73.0 Å². The maximum atomic E-state index is 5.53. The third-order valence-corrected chi connectivity index (χ3v) is 3.34. The number of rotatable bonds is 4. The Morgan fingerprint density at radius 2 is 1.64 bits per heavy atom. The Morgan fingerprint density at radius 3 is 1.93 bits per heavy atom. The van der Waals surface area contributed by atoms with Crippen LogP contribution in [-0.2, 0) is 4.74 Å². The van der Waals surface area contributed by atoms with Gasteiger partial charge in [-0.15, -0.1) is 0 Å². The second kappa shape index (κ2) is 3.84. The van der Waals surface area contributed by atoms with E-state index in [0.717, 1.165) is 0 Å². The molecule has 3 atom stereocenters. The summed E-state index contributed by atoms with van der Waals surface area (Å²) >= 11 is 0. The fourth-order valence-electron chi connectivity index (χ4n) is 2.55. The van der Waals surface area contributed by atoms with E-state index in [1.165, 1.54) is 19.3 Å². The van der Waals surface area contributed by atoms with Crippen LogP contribution in [-0.4, -0.2) is 12.2 Å². The van der Waals surface area contributed by atoms with Crippen LogP contribution in [0.25, 0.3) is 0 Å². The van der Waals surface area contributed by atoms with Gasteiger partial charge in [0.15, 0.2) is 0 Å². The zero-order valence-corrected chi connectivity index (χ0v) is 10.7. The van der Waals surface area contributed by atoms with Crippen LogP contribution in [0.5, 0.6) is 0 Å². The first-order valence-corrected chi connectivity index (χ1v) is 5.91. The summed E-state index contributed by atoms with van der Waals surface area (Å²) in [5.41, 5.74) is 0.899. The zero-order chi connectivity index (χ0) is 11.0. The minimum atomic E-state index is 0.433. The fourth-order valence-corrected chi connectivity index (χ4v) is 2.55. The lowest BCUT2D eigenvalue weighted by Gasteiger charge is -2.34. The van der Waals surface area contributed by atoms with Crippen molar-refractivity contribution < 1.29 is 4.74 Å². The summed E-state index contributed by atoms with van der Waals surface area (Å²) in [6, 6.07) is 0. The molecular formula is C13H26O. The quantitative estimate of drug-likeness (QED) is 0.622. The van der Waals surface area contributed by atoms with E-state index in [9.17, 15) is 0 Å². The number of ether oxygens (including phenoxy) is 1. The molecule has 1 fully saturated rings. The second-order valence-electron chi connectivity index (χ2n) is 6.49. The van der Waals surface area contributed by atoms with Gasteiger partial charge in [0.05, 0.1) is 12.2 Å². The number of hydrogen-bond acceptors (Lipinski definition) is 1. The van der Waals surface area contributed by atoms with E-state index >= 15 is 0 Å². The third-order valence-electron chi connectivity index (χ3n) is 3.34. The van der Waals surface area contributed by atoms with Gasteiger partial charge in [-0.2, -0.15) is 0 Å². The summed E-state index contributed by atoms with van der Waals surface area (Å²) in [5, 5.41) is 0. The van der Waals surface area contributed by atoms with Crippen molar-refractivity contribution in [1.82, 2.24) is 0 Å². The lowest BCUT2D eigenvalue weighted by molar-refractivity contribution is 0.155. The Labute approximate surface area is 89.2 Å². The average Bonchev–Trinajstić information content (AvgIpc) is 2.62. The fraction of sp³-hybridized carbons (Fsp3) is 1.00. The van der Waals surface area contributed by atoms with Gasteiger partial charge in [0, 0.05) is 0 Å². The van der Waals surface area contributed by atoms with Crippen molar-refractivity contribution >= 4 is 0 Å². The van der Waals surface area contributed by atoms with Gasteiger partial charge in [-0.05, 0) is 30.6 Å². The van der Waals surface area contributed by atoms with Gasteiger partial charge in [-0.1, -0.05) is 41.0 Å². The van der Waals surface area contributed by atoms with Crippen LogP contribution in [0.2, 0.25) is 0 Å². The molecule has 1 saturated heterocycles. The topological polar surface area (TPSA) is 12.5 Å². The van der Waals surface area contributed by atoms with Crippen molar-refractivity contribution in [2.24, 2.45) is 10.8 Å².